The molecule has 2 heterocycles. The summed E-state index contributed by atoms with van der Waals surface area (Å²) in [6.45, 7) is 2.86. The topological polar surface area (TPSA) is 48.7 Å². The molecule has 1 aromatic heterocycles. The highest BCUT2D eigenvalue weighted by atomic mass is 16.4. The SMILES string of the molecule is CC=NO.CN1CCC[C@H]1c1cccnc1. The fourth-order valence-electron chi connectivity index (χ4n) is 1.90. The molecular weight excluding hydrogens is 202 g/mol. The van der Waals surface area contributed by atoms with Crippen molar-refractivity contribution in [2.75, 3.05) is 13.6 Å². The third-order valence-electron chi connectivity index (χ3n) is 2.71. The van der Waals surface area contributed by atoms with Crippen molar-refractivity contribution in [3.05, 3.63) is 30.1 Å². The Balaban J connectivity index is 0.000000280. The highest BCUT2D eigenvalue weighted by Gasteiger charge is 2.21. The molecule has 0 bridgehead atoms. The molecule has 88 valence electrons. The zero-order valence-corrected chi connectivity index (χ0v) is 9.87. The number of hydrogen-bond acceptors (Lipinski definition) is 4. The molecule has 1 aliphatic heterocycles. The van der Waals surface area contributed by atoms with Gasteiger partial charge in [-0.3, -0.25) is 9.88 Å². The van der Waals surface area contributed by atoms with E-state index in [1.165, 1.54) is 31.2 Å². The lowest BCUT2D eigenvalue weighted by molar-refractivity contribution is 0.317. The third kappa shape index (κ3) is 3.62. The van der Waals surface area contributed by atoms with Crippen LogP contribution in [0.25, 0.3) is 0 Å². The van der Waals surface area contributed by atoms with E-state index < -0.39 is 0 Å². The van der Waals surface area contributed by atoms with Crippen molar-refractivity contribution in [2.45, 2.75) is 25.8 Å². The van der Waals surface area contributed by atoms with Crippen molar-refractivity contribution in [1.29, 1.82) is 0 Å². The minimum atomic E-state index is 0.610. The van der Waals surface area contributed by atoms with Gasteiger partial charge >= 0.3 is 0 Å². The number of rotatable bonds is 1. The smallest absolute Gasteiger partial charge is 0.0404 e. The molecule has 1 aromatic rings. The van der Waals surface area contributed by atoms with Gasteiger partial charge in [-0.2, -0.15) is 0 Å². The van der Waals surface area contributed by atoms with Crippen LogP contribution in [0.4, 0.5) is 0 Å². The average molecular weight is 221 g/mol. The molecule has 1 atom stereocenters. The molecular formula is C12H19N3O. The first kappa shape index (κ1) is 12.6. The van der Waals surface area contributed by atoms with Crippen molar-refractivity contribution in [3.8, 4) is 0 Å². The van der Waals surface area contributed by atoms with Crippen LogP contribution < -0.4 is 0 Å². The van der Waals surface area contributed by atoms with E-state index in [0.29, 0.717) is 6.04 Å². The summed E-state index contributed by atoms with van der Waals surface area (Å²) in [6.07, 6.45) is 7.71. The lowest BCUT2D eigenvalue weighted by Gasteiger charge is -2.18. The molecule has 0 aromatic carbocycles. The lowest BCUT2D eigenvalue weighted by Crippen LogP contribution is -2.17. The van der Waals surface area contributed by atoms with Crippen LogP contribution in [0.2, 0.25) is 0 Å². The van der Waals surface area contributed by atoms with Crippen LogP contribution >= 0.6 is 0 Å². The van der Waals surface area contributed by atoms with Gasteiger partial charge in [-0.15, -0.1) is 5.16 Å². The summed E-state index contributed by atoms with van der Waals surface area (Å²) in [7, 11) is 2.19. The summed E-state index contributed by atoms with van der Waals surface area (Å²) < 4.78 is 0. The summed E-state index contributed by atoms with van der Waals surface area (Å²) >= 11 is 0. The minimum absolute atomic E-state index is 0.610. The molecule has 0 unspecified atom stereocenters. The molecule has 1 saturated heterocycles. The summed E-state index contributed by atoms with van der Waals surface area (Å²) in [4.78, 5) is 6.54. The van der Waals surface area contributed by atoms with Crippen molar-refractivity contribution >= 4 is 6.21 Å². The molecule has 1 N–H and O–H groups in total. The Morgan fingerprint density at radius 2 is 2.38 bits per heavy atom. The van der Waals surface area contributed by atoms with Crippen molar-refractivity contribution < 1.29 is 5.21 Å². The molecule has 4 nitrogen and oxygen atoms in total. The van der Waals surface area contributed by atoms with E-state index in [1.54, 1.807) is 6.92 Å². The minimum Gasteiger partial charge on any atom is -0.411 e. The first-order valence-corrected chi connectivity index (χ1v) is 5.51. The van der Waals surface area contributed by atoms with Gasteiger partial charge in [0.2, 0.25) is 0 Å². The largest absolute Gasteiger partial charge is 0.411 e. The third-order valence-corrected chi connectivity index (χ3v) is 2.71. The van der Waals surface area contributed by atoms with E-state index in [4.69, 9.17) is 5.21 Å². The maximum Gasteiger partial charge on any atom is 0.0404 e. The molecule has 0 radical (unpaired) electrons. The summed E-state index contributed by atoms with van der Waals surface area (Å²) in [5.41, 5.74) is 1.36. The Morgan fingerprint density at radius 3 is 2.81 bits per heavy atom. The van der Waals surface area contributed by atoms with E-state index in [0.717, 1.165) is 0 Å². The van der Waals surface area contributed by atoms with Gasteiger partial charge in [-0.25, -0.2) is 0 Å². The first-order chi connectivity index (χ1) is 7.79. The normalized spacial score (nSPS) is 20.8. The van der Waals surface area contributed by atoms with Gasteiger partial charge in [0, 0.05) is 24.7 Å². The van der Waals surface area contributed by atoms with E-state index >= 15 is 0 Å². The van der Waals surface area contributed by atoms with E-state index in [-0.39, 0.29) is 0 Å². The standard InChI is InChI=1S/C10H14N2.C2H5NO/c1-12-7-3-5-10(12)9-4-2-6-11-8-9;1-2-3-4/h2,4,6,8,10H,3,5,7H2,1H3;2,4H,1H3/t10-;/m0./s1. The maximum absolute atomic E-state index is 7.44. The second kappa shape index (κ2) is 6.95. The molecule has 2 rings (SSSR count). The zero-order valence-electron chi connectivity index (χ0n) is 9.87. The number of aromatic nitrogens is 1. The van der Waals surface area contributed by atoms with E-state index in [9.17, 15) is 0 Å². The Labute approximate surface area is 96.6 Å². The van der Waals surface area contributed by atoms with Gasteiger partial charge in [0.1, 0.15) is 0 Å². The van der Waals surface area contributed by atoms with Crippen LogP contribution in [0.15, 0.2) is 29.7 Å². The summed E-state index contributed by atoms with van der Waals surface area (Å²) in [5, 5.41) is 10.1. The maximum atomic E-state index is 7.44. The lowest BCUT2D eigenvalue weighted by atomic mass is 10.1. The van der Waals surface area contributed by atoms with Crippen LogP contribution in [0.1, 0.15) is 31.4 Å². The summed E-state index contributed by atoms with van der Waals surface area (Å²) in [5.74, 6) is 0. The van der Waals surface area contributed by atoms with Crippen LogP contribution in [-0.4, -0.2) is 34.9 Å². The highest BCUT2D eigenvalue weighted by molar-refractivity contribution is 5.51. The van der Waals surface area contributed by atoms with Crippen molar-refractivity contribution in [3.63, 3.8) is 0 Å². The average Bonchev–Trinajstić information content (AvgIpc) is 2.77. The Morgan fingerprint density at radius 1 is 1.62 bits per heavy atom. The molecule has 1 fully saturated rings. The van der Waals surface area contributed by atoms with Gasteiger partial charge in [0.15, 0.2) is 0 Å². The number of hydrogen-bond donors (Lipinski definition) is 1. The number of likely N-dealkylation sites (tertiary alicyclic amines) is 1. The number of oxime groups is 1. The quantitative estimate of drug-likeness (QED) is 0.450. The molecule has 16 heavy (non-hydrogen) atoms. The van der Waals surface area contributed by atoms with E-state index in [2.05, 4.69) is 28.2 Å². The molecule has 1 aliphatic rings. The Bertz CT molecular complexity index is 309. The monoisotopic (exact) mass is 221 g/mol. The fourth-order valence-corrected chi connectivity index (χ4v) is 1.90. The molecule has 0 aliphatic carbocycles. The molecule has 0 spiro atoms. The predicted molar refractivity (Wildman–Crippen MR) is 64.8 cm³/mol. The van der Waals surface area contributed by atoms with Crippen LogP contribution in [-0.2, 0) is 0 Å². The van der Waals surface area contributed by atoms with Crippen LogP contribution in [0, 0.1) is 0 Å². The highest BCUT2D eigenvalue weighted by Crippen LogP contribution is 2.29. The number of nitrogens with zero attached hydrogens (tertiary/aromatic N) is 3. The fraction of sp³-hybridized carbons (Fsp3) is 0.500. The molecule has 4 heteroatoms. The molecule has 0 saturated carbocycles. The second-order valence-corrected chi connectivity index (χ2v) is 3.80. The Hall–Kier alpha value is -1.42. The van der Waals surface area contributed by atoms with Gasteiger partial charge < -0.3 is 5.21 Å². The van der Waals surface area contributed by atoms with Gasteiger partial charge in [-0.1, -0.05) is 6.07 Å². The van der Waals surface area contributed by atoms with Crippen molar-refractivity contribution in [2.24, 2.45) is 5.16 Å². The first-order valence-electron chi connectivity index (χ1n) is 5.51. The van der Waals surface area contributed by atoms with Crippen LogP contribution in [0.3, 0.4) is 0 Å². The number of pyridine rings is 1. The second-order valence-electron chi connectivity index (χ2n) is 3.80. The van der Waals surface area contributed by atoms with Gasteiger partial charge in [0.25, 0.3) is 0 Å². The summed E-state index contributed by atoms with van der Waals surface area (Å²) in [6, 6.07) is 4.79. The molecule has 0 amide bonds. The van der Waals surface area contributed by atoms with Crippen LogP contribution in [0.5, 0.6) is 0 Å². The van der Waals surface area contributed by atoms with Crippen molar-refractivity contribution in [1.82, 2.24) is 9.88 Å². The van der Waals surface area contributed by atoms with Gasteiger partial charge in [0.05, 0.1) is 0 Å². The van der Waals surface area contributed by atoms with E-state index in [1.807, 2.05) is 18.5 Å². The Kier molecular flexibility index (Phi) is 5.50. The zero-order chi connectivity index (χ0) is 11.8. The predicted octanol–water partition coefficient (Wildman–Crippen LogP) is 2.31. The van der Waals surface area contributed by atoms with Gasteiger partial charge in [-0.05, 0) is 45.0 Å².